The Bertz CT molecular complexity index is 1270. The highest BCUT2D eigenvalue weighted by Gasteiger charge is 2.20. The van der Waals surface area contributed by atoms with E-state index in [2.05, 4.69) is 15.3 Å². The summed E-state index contributed by atoms with van der Waals surface area (Å²) in [6.45, 7) is 1.45. The van der Waals surface area contributed by atoms with E-state index >= 15 is 0 Å². The van der Waals surface area contributed by atoms with Crippen LogP contribution < -0.4 is 5.32 Å². The van der Waals surface area contributed by atoms with Gasteiger partial charge in [-0.3, -0.25) is 4.79 Å². The number of nitrogens with zero attached hydrogens (tertiary/aromatic N) is 1. The lowest BCUT2D eigenvalue weighted by atomic mass is 10.2. The number of imidazole rings is 1. The van der Waals surface area contributed by atoms with Crippen LogP contribution in [0.15, 0.2) is 66.7 Å². The summed E-state index contributed by atoms with van der Waals surface area (Å²) in [6.07, 6.45) is -1.08. The zero-order valence-corrected chi connectivity index (χ0v) is 17.1. The van der Waals surface area contributed by atoms with Gasteiger partial charge in [0.1, 0.15) is 11.6 Å². The normalized spacial score (nSPS) is 11.8. The van der Waals surface area contributed by atoms with Crippen molar-refractivity contribution in [2.45, 2.75) is 13.0 Å². The molecule has 8 heteroatoms. The molecular formula is C23H17ClFN3O3. The van der Waals surface area contributed by atoms with Gasteiger partial charge in [0.05, 0.1) is 21.6 Å². The molecule has 1 atom stereocenters. The molecule has 0 saturated heterocycles. The number of nitrogens with one attached hydrogen (secondary N) is 2. The number of fused-ring (bicyclic) bond motifs is 1. The Morgan fingerprint density at radius 1 is 1.10 bits per heavy atom. The third-order valence-electron chi connectivity index (χ3n) is 4.60. The van der Waals surface area contributed by atoms with Crippen molar-refractivity contribution in [3.63, 3.8) is 0 Å². The monoisotopic (exact) mass is 437 g/mol. The van der Waals surface area contributed by atoms with Crippen molar-refractivity contribution in [1.82, 2.24) is 9.97 Å². The molecular weight excluding hydrogens is 421 g/mol. The minimum absolute atomic E-state index is 0.120. The van der Waals surface area contributed by atoms with E-state index in [4.69, 9.17) is 16.3 Å². The van der Waals surface area contributed by atoms with E-state index in [0.717, 1.165) is 11.6 Å². The molecule has 4 aromatic rings. The topological polar surface area (TPSA) is 84.1 Å². The molecule has 1 unspecified atom stereocenters. The maximum atomic E-state index is 13.2. The van der Waals surface area contributed by atoms with E-state index < -0.39 is 23.8 Å². The summed E-state index contributed by atoms with van der Waals surface area (Å²) in [5, 5.41) is 2.41. The van der Waals surface area contributed by atoms with Gasteiger partial charge in [0, 0.05) is 11.3 Å². The largest absolute Gasteiger partial charge is 0.449 e. The zero-order valence-electron chi connectivity index (χ0n) is 16.4. The van der Waals surface area contributed by atoms with Crippen LogP contribution in [0.5, 0.6) is 0 Å². The summed E-state index contributed by atoms with van der Waals surface area (Å²) in [4.78, 5) is 32.5. The van der Waals surface area contributed by atoms with Crippen molar-refractivity contribution in [3.05, 3.63) is 83.1 Å². The number of benzene rings is 3. The van der Waals surface area contributed by atoms with Gasteiger partial charge in [-0.15, -0.1) is 0 Å². The number of aromatic amines is 1. The van der Waals surface area contributed by atoms with Gasteiger partial charge in [0.2, 0.25) is 0 Å². The highest BCUT2D eigenvalue weighted by atomic mass is 35.5. The second-order valence-electron chi connectivity index (χ2n) is 6.85. The molecule has 0 spiro atoms. The van der Waals surface area contributed by atoms with Gasteiger partial charge < -0.3 is 15.0 Å². The fourth-order valence-electron chi connectivity index (χ4n) is 2.97. The van der Waals surface area contributed by atoms with Crippen LogP contribution in [0.4, 0.5) is 10.1 Å². The van der Waals surface area contributed by atoms with Crippen LogP contribution in [0.3, 0.4) is 0 Å². The Balaban J connectivity index is 1.45. The molecule has 31 heavy (non-hydrogen) atoms. The van der Waals surface area contributed by atoms with Crippen LogP contribution in [-0.2, 0) is 9.53 Å². The van der Waals surface area contributed by atoms with E-state index in [1.165, 1.54) is 19.1 Å². The van der Waals surface area contributed by atoms with Gasteiger partial charge in [-0.2, -0.15) is 0 Å². The number of hydrogen-bond donors (Lipinski definition) is 2. The van der Waals surface area contributed by atoms with Crippen LogP contribution in [0.1, 0.15) is 17.3 Å². The summed E-state index contributed by atoms with van der Waals surface area (Å²) in [6, 6.07) is 18.3. The summed E-state index contributed by atoms with van der Waals surface area (Å²) in [7, 11) is 0. The molecule has 3 aromatic carbocycles. The predicted octanol–water partition coefficient (Wildman–Crippen LogP) is 5.21. The number of rotatable bonds is 5. The molecule has 0 radical (unpaired) electrons. The highest BCUT2D eigenvalue weighted by Crippen LogP contribution is 2.22. The van der Waals surface area contributed by atoms with E-state index in [0.29, 0.717) is 22.5 Å². The Morgan fingerprint density at radius 3 is 2.61 bits per heavy atom. The third kappa shape index (κ3) is 4.57. The Kier molecular flexibility index (Phi) is 5.68. The second-order valence-corrected chi connectivity index (χ2v) is 7.26. The first kappa shape index (κ1) is 20.6. The first-order chi connectivity index (χ1) is 14.9. The molecule has 0 aliphatic rings. The number of aromatic nitrogens is 2. The molecule has 1 aromatic heterocycles. The minimum atomic E-state index is -1.08. The van der Waals surface area contributed by atoms with Gasteiger partial charge in [-0.05, 0) is 43.3 Å². The summed E-state index contributed by atoms with van der Waals surface area (Å²) in [5.41, 5.74) is 2.88. The number of hydrogen-bond acceptors (Lipinski definition) is 4. The van der Waals surface area contributed by atoms with Crippen LogP contribution >= 0.6 is 11.6 Å². The number of anilines is 1. The van der Waals surface area contributed by atoms with Crippen LogP contribution in [-0.4, -0.2) is 27.9 Å². The molecule has 2 N–H and O–H groups in total. The average molecular weight is 438 g/mol. The van der Waals surface area contributed by atoms with E-state index in [-0.39, 0.29) is 10.6 Å². The second kappa shape index (κ2) is 8.57. The van der Waals surface area contributed by atoms with Gasteiger partial charge >= 0.3 is 5.97 Å². The molecule has 0 aliphatic heterocycles. The maximum absolute atomic E-state index is 13.2. The lowest BCUT2D eigenvalue weighted by Crippen LogP contribution is -2.30. The van der Waals surface area contributed by atoms with Crippen molar-refractivity contribution in [3.8, 4) is 11.4 Å². The molecule has 0 fully saturated rings. The number of esters is 1. The smallest absolute Gasteiger partial charge is 0.338 e. The lowest BCUT2D eigenvalue weighted by Gasteiger charge is -2.14. The van der Waals surface area contributed by atoms with Crippen LogP contribution in [0, 0.1) is 5.82 Å². The fourth-order valence-corrected chi connectivity index (χ4v) is 3.15. The van der Waals surface area contributed by atoms with Crippen LogP contribution in [0.25, 0.3) is 22.4 Å². The van der Waals surface area contributed by atoms with E-state index in [1.54, 1.807) is 18.2 Å². The Hall–Kier alpha value is -3.71. The lowest BCUT2D eigenvalue weighted by molar-refractivity contribution is -0.123. The SMILES string of the molecule is CC(OC(=O)c1ccc2nc(-c3ccccc3)[nH]c2c1)C(=O)Nc1ccc(F)c(Cl)c1. The fraction of sp³-hybridized carbons (Fsp3) is 0.0870. The van der Waals surface area contributed by atoms with Crippen LogP contribution in [0.2, 0.25) is 5.02 Å². The minimum Gasteiger partial charge on any atom is -0.449 e. The van der Waals surface area contributed by atoms with Crippen molar-refractivity contribution < 1.29 is 18.7 Å². The average Bonchev–Trinajstić information content (AvgIpc) is 3.20. The van der Waals surface area contributed by atoms with Gasteiger partial charge in [-0.1, -0.05) is 41.9 Å². The zero-order chi connectivity index (χ0) is 22.0. The van der Waals surface area contributed by atoms with Gasteiger partial charge in [0.15, 0.2) is 6.10 Å². The number of halogens is 2. The first-order valence-electron chi connectivity index (χ1n) is 9.43. The molecule has 1 heterocycles. The predicted molar refractivity (Wildman–Crippen MR) is 116 cm³/mol. The van der Waals surface area contributed by atoms with Gasteiger partial charge in [-0.25, -0.2) is 14.2 Å². The van der Waals surface area contributed by atoms with E-state index in [1.807, 2.05) is 30.3 Å². The molecule has 0 aliphatic carbocycles. The summed E-state index contributed by atoms with van der Waals surface area (Å²) < 4.78 is 18.5. The maximum Gasteiger partial charge on any atom is 0.338 e. The molecule has 0 bridgehead atoms. The highest BCUT2D eigenvalue weighted by molar-refractivity contribution is 6.31. The first-order valence-corrected chi connectivity index (χ1v) is 9.80. The van der Waals surface area contributed by atoms with Gasteiger partial charge in [0.25, 0.3) is 5.91 Å². The number of H-pyrrole nitrogens is 1. The van der Waals surface area contributed by atoms with Crippen molar-refractivity contribution >= 4 is 40.2 Å². The molecule has 6 nitrogen and oxygen atoms in total. The molecule has 156 valence electrons. The third-order valence-corrected chi connectivity index (χ3v) is 4.89. The summed E-state index contributed by atoms with van der Waals surface area (Å²) in [5.74, 6) is -1.13. The van der Waals surface area contributed by atoms with Crippen molar-refractivity contribution in [2.24, 2.45) is 0 Å². The molecule has 4 rings (SSSR count). The number of ether oxygens (including phenoxy) is 1. The Labute approximate surface area is 182 Å². The quantitative estimate of drug-likeness (QED) is 0.420. The molecule has 0 saturated carbocycles. The summed E-state index contributed by atoms with van der Waals surface area (Å²) >= 11 is 5.71. The molecule has 1 amide bonds. The van der Waals surface area contributed by atoms with Crippen molar-refractivity contribution in [2.75, 3.05) is 5.32 Å². The standard InChI is InChI=1S/C23H17ClFN3O3/c1-13(22(29)26-16-8-9-18(25)17(24)12-16)31-23(30)15-7-10-19-20(11-15)28-21(27-19)14-5-3-2-4-6-14/h2-13H,1H3,(H,26,29)(H,27,28). The van der Waals surface area contributed by atoms with E-state index in [9.17, 15) is 14.0 Å². The number of carbonyl (C=O) groups excluding carboxylic acids is 2. The van der Waals surface area contributed by atoms with Crippen molar-refractivity contribution in [1.29, 1.82) is 0 Å². The Morgan fingerprint density at radius 2 is 1.87 bits per heavy atom. The number of carbonyl (C=O) groups is 2. The number of amides is 1.